The summed E-state index contributed by atoms with van der Waals surface area (Å²) >= 11 is 0. The normalized spacial score (nSPS) is 10.6. The molecule has 0 aliphatic heterocycles. The van der Waals surface area contributed by atoms with Crippen molar-refractivity contribution >= 4 is 22.6 Å². The molecule has 1 N–H and O–H groups in total. The van der Waals surface area contributed by atoms with E-state index in [0.717, 1.165) is 5.56 Å². The molecule has 0 atom stereocenters. The fourth-order valence-electron chi connectivity index (χ4n) is 2.43. The molecular formula is C19H17NO4. The number of amides is 1. The van der Waals surface area contributed by atoms with Crippen LogP contribution in [-0.4, -0.2) is 12.5 Å². The van der Waals surface area contributed by atoms with Crippen molar-refractivity contribution in [3.05, 3.63) is 70.1 Å². The van der Waals surface area contributed by atoms with Gasteiger partial charge in [-0.3, -0.25) is 4.79 Å². The number of benzene rings is 2. The van der Waals surface area contributed by atoms with Gasteiger partial charge in [-0.2, -0.15) is 0 Å². The largest absolute Gasteiger partial charge is 0.494 e. The second-order valence-corrected chi connectivity index (χ2v) is 5.40. The molecule has 0 bridgehead atoms. The average Bonchev–Trinajstić information content (AvgIpc) is 2.54. The zero-order chi connectivity index (χ0) is 17.1. The van der Waals surface area contributed by atoms with Gasteiger partial charge in [0.05, 0.1) is 6.61 Å². The minimum atomic E-state index is -0.679. The standard InChI is InChI=1S/C19H17NO4/c1-3-23-15-8-7-13-10-16(19(22)24-17(13)11-15)18(21)20-14-6-4-5-12(2)9-14/h4-11H,3H2,1-2H3,(H,20,21). The van der Waals surface area contributed by atoms with Crippen LogP contribution in [0.15, 0.2) is 57.7 Å². The number of anilines is 1. The number of rotatable bonds is 4. The van der Waals surface area contributed by atoms with Gasteiger partial charge in [0, 0.05) is 17.1 Å². The molecule has 2 aromatic carbocycles. The molecule has 1 heterocycles. The molecule has 5 nitrogen and oxygen atoms in total. The Morgan fingerprint density at radius 3 is 2.75 bits per heavy atom. The Morgan fingerprint density at radius 2 is 2.00 bits per heavy atom. The quantitative estimate of drug-likeness (QED) is 0.742. The van der Waals surface area contributed by atoms with Crippen LogP contribution in [0.1, 0.15) is 22.8 Å². The Hall–Kier alpha value is -3.08. The van der Waals surface area contributed by atoms with Crippen molar-refractivity contribution in [3.63, 3.8) is 0 Å². The molecule has 0 aliphatic carbocycles. The fraction of sp³-hybridized carbons (Fsp3) is 0.158. The summed E-state index contributed by atoms with van der Waals surface area (Å²) in [5.41, 5.74) is 1.32. The average molecular weight is 323 g/mol. The van der Waals surface area contributed by atoms with E-state index in [0.29, 0.717) is 29.0 Å². The summed E-state index contributed by atoms with van der Waals surface area (Å²) in [6, 6.07) is 14.1. The molecule has 0 fully saturated rings. The van der Waals surface area contributed by atoms with E-state index in [9.17, 15) is 9.59 Å². The van der Waals surface area contributed by atoms with E-state index in [4.69, 9.17) is 9.15 Å². The number of ether oxygens (including phenoxy) is 1. The smallest absolute Gasteiger partial charge is 0.349 e. The molecule has 3 aromatic rings. The lowest BCUT2D eigenvalue weighted by molar-refractivity contribution is 0.102. The van der Waals surface area contributed by atoms with Crippen LogP contribution in [-0.2, 0) is 0 Å². The van der Waals surface area contributed by atoms with Gasteiger partial charge in [0.1, 0.15) is 16.9 Å². The highest BCUT2D eigenvalue weighted by Gasteiger charge is 2.14. The van der Waals surface area contributed by atoms with Crippen molar-refractivity contribution in [3.8, 4) is 5.75 Å². The highest BCUT2D eigenvalue weighted by atomic mass is 16.5. The van der Waals surface area contributed by atoms with Crippen LogP contribution < -0.4 is 15.7 Å². The van der Waals surface area contributed by atoms with Crippen LogP contribution in [0.5, 0.6) is 5.75 Å². The van der Waals surface area contributed by atoms with Gasteiger partial charge in [0.2, 0.25) is 0 Å². The predicted octanol–water partition coefficient (Wildman–Crippen LogP) is 3.75. The molecule has 122 valence electrons. The summed E-state index contributed by atoms with van der Waals surface area (Å²) in [5, 5.41) is 3.37. The van der Waals surface area contributed by atoms with E-state index in [1.54, 1.807) is 24.3 Å². The van der Waals surface area contributed by atoms with E-state index in [1.165, 1.54) is 6.07 Å². The van der Waals surface area contributed by atoms with E-state index in [-0.39, 0.29) is 5.56 Å². The van der Waals surface area contributed by atoms with Crippen molar-refractivity contribution in [2.45, 2.75) is 13.8 Å². The van der Waals surface area contributed by atoms with Gasteiger partial charge in [-0.1, -0.05) is 12.1 Å². The van der Waals surface area contributed by atoms with Crippen molar-refractivity contribution in [1.82, 2.24) is 0 Å². The molecule has 24 heavy (non-hydrogen) atoms. The summed E-state index contributed by atoms with van der Waals surface area (Å²) < 4.78 is 10.6. The molecule has 0 spiro atoms. The molecule has 1 aromatic heterocycles. The lowest BCUT2D eigenvalue weighted by Gasteiger charge is -2.07. The Balaban J connectivity index is 1.94. The van der Waals surface area contributed by atoms with Gasteiger partial charge in [0.25, 0.3) is 5.91 Å². The maximum Gasteiger partial charge on any atom is 0.349 e. The number of carbonyl (C=O) groups excluding carboxylic acids is 1. The first-order valence-corrected chi connectivity index (χ1v) is 7.65. The first-order valence-electron chi connectivity index (χ1n) is 7.65. The van der Waals surface area contributed by atoms with E-state index in [1.807, 2.05) is 32.0 Å². The molecule has 0 saturated carbocycles. The van der Waals surface area contributed by atoms with E-state index < -0.39 is 11.5 Å². The maximum absolute atomic E-state index is 12.4. The molecule has 0 saturated heterocycles. The van der Waals surface area contributed by atoms with Crippen LogP contribution >= 0.6 is 0 Å². The molecule has 0 radical (unpaired) electrons. The predicted molar refractivity (Wildman–Crippen MR) is 92.8 cm³/mol. The van der Waals surface area contributed by atoms with Gasteiger partial charge in [-0.15, -0.1) is 0 Å². The number of hydrogen-bond donors (Lipinski definition) is 1. The maximum atomic E-state index is 12.4. The minimum absolute atomic E-state index is 0.0341. The molecule has 0 aliphatic rings. The summed E-state index contributed by atoms with van der Waals surface area (Å²) in [6.07, 6.45) is 0. The first kappa shape index (κ1) is 15.8. The molecule has 0 unspecified atom stereocenters. The molecule has 1 amide bonds. The highest BCUT2D eigenvalue weighted by molar-refractivity contribution is 6.05. The zero-order valence-electron chi connectivity index (χ0n) is 13.5. The second-order valence-electron chi connectivity index (χ2n) is 5.40. The van der Waals surface area contributed by atoms with Gasteiger partial charge in [-0.05, 0) is 49.7 Å². The number of hydrogen-bond acceptors (Lipinski definition) is 4. The summed E-state index contributed by atoms with van der Waals surface area (Å²) in [6.45, 7) is 4.32. The first-order chi connectivity index (χ1) is 11.6. The number of nitrogens with one attached hydrogen (secondary N) is 1. The Kier molecular flexibility index (Phi) is 4.33. The number of carbonyl (C=O) groups is 1. The van der Waals surface area contributed by atoms with E-state index in [2.05, 4.69) is 5.32 Å². The third-order valence-corrected chi connectivity index (χ3v) is 3.54. The van der Waals surface area contributed by atoms with Crippen molar-refractivity contribution in [1.29, 1.82) is 0 Å². The third kappa shape index (κ3) is 3.30. The fourth-order valence-corrected chi connectivity index (χ4v) is 2.43. The van der Waals surface area contributed by atoms with Gasteiger partial charge >= 0.3 is 5.63 Å². The highest BCUT2D eigenvalue weighted by Crippen LogP contribution is 2.21. The summed E-state index contributed by atoms with van der Waals surface area (Å²) in [4.78, 5) is 24.5. The van der Waals surface area contributed by atoms with Gasteiger partial charge in [0.15, 0.2) is 0 Å². The van der Waals surface area contributed by atoms with Crippen molar-refractivity contribution in [2.24, 2.45) is 0 Å². The van der Waals surface area contributed by atoms with Crippen LogP contribution in [0.4, 0.5) is 5.69 Å². The van der Waals surface area contributed by atoms with Gasteiger partial charge < -0.3 is 14.5 Å². The summed E-state index contributed by atoms with van der Waals surface area (Å²) in [5.74, 6) is 0.121. The van der Waals surface area contributed by atoms with Crippen molar-refractivity contribution in [2.75, 3.05) is 11.9 Å². The van der Waals surface area contributed by atoms with Crippen molar-refractivity contribution < 1.29 is 13.9 Å². The van der Waals surface area contributed by atoms with Crippen LogP contribution in [0.2, 0.25) is 0 Å². The second kappa shape index (κ2) is 6.58. The Morgan fingerprint density at radius 1 is 1.17 bits per heavy atom. The zero-order valence-corrected chi connectivity index (χ0v) is 13.5. The SMILES string of the molecule is CCOc1ccc2cc(C(=O)Nc3cccc(C)c3)c(=O)oc2c1. The number of fused-ring (bicyclic) bond motifs is 1. The lowest BCUT2D eigenvalue weighted by Crippen LogP contribution is -2.20. The topological polar surface area (TPSA) is 68.5 Å². The monoisotopic (exact) mass is 323 g/mol. The van der Waals surface area contributed by atoms with Gasteiger partial charge in [-0.25, -0.2) is 4.79 Å². The Bertz CT molecular complexity index is 959. The summed E-state index contributed by atoms with van der Waals surface area (Å²) in [7, 11) is 0. The van der Waals surface area contributed by atoms with Crippen LogP contribution in [0.25, 0.3) is 11.0 Å². The molecule has 5 heteroatoms. The molecular weight excluding hydrogens is 306 g/mol. The third-order valence-electron chi connectivity index (χ3n) is 3.54. The van der Waals surface area contributed by atoms with Crippen LogP contribution in [0.3, 0.4) is 0 Å². The Labute approximate surface area is 138 Å². The lowest BCUT2D eigenvalue weighted by atomic mass is 10.1. The van der Waals surface area contributed by atoms with Crippen LogP contribution in [0, 0.1) is 6.92 Å². The van der Waals surface area contributed by atoms with E-state index >= 15 is 0 Å². The number of aryl methyl sites for hydroxylation is 1. The minimum Gasteiger partial charge on any atom is -0.494 e. The molecule has 3 rings (SSSR count).